The third kappa shape index (κ3) is 3.99. The smallest absolute Gasteiger partial charge is 0.225 e. The SMILES string of the molecule is CCC(C)C(=O)N1CCC(Cc2cc(OC)ccc2F)CC1. The van der Waals surface area contributed by atoms with E-state index in [0.717, 1.165) is 32.4 Å². The highest BCUT2D eigenvalue weighted by Crippen LogP contribution is 2.26. The van der Waals surface area contributed by atoms with Crippen molar-refractivity contribution in [2.75, 3.05) is 20.2 Å². The second-order valence-electron chi connectivity index (χ2n) is 6.24. The van der Waals surface area contributed by atoms with Gasteiger partial charge in [-0.2, -0.15) is 0 Å². The van der Waals surface area contributed by atoms with Crippen molar-refractivity contribution >= 4 is 5.91 Å². The monoisotopic (exact) mass is 307 g/mol. The van der Waals surface area contributed by atoms with Crippen LogP contribution in [-0.2, 0) is 11.2 Å². The molecule has 122 valence electrons. The second kappa shape index (κ2) is 7.61. The summed E-state index contributed by atoms with van der Waals surface area (Å²) >= 11 is 0. The molecule has 1 fully saturated rings. The van der Waals surface area contributed by atoms with Gasteiger partial charge in [-0.15, -0.1) is 0 Å². The summed E-state index contributed by atoms with van der Waals surface area (Å²) < 4.78 is 19.1. The molecule has 0 spiro atoms. The van der Waals surface area contributed by atoms with Gasteiger partial charge in [-0.05, 0) is 55.4 Å². The summed E-state index contributed by atoms with van der Waals surface area (Å²) in [7, 11) is 1.59. The second-order valence-corrected chi connectivity index (χ2v) is 6.24. The Balaban J connectivity index is 1.91. The number of hydrogen-bond acceptors (Lipinski definition) is 2. The average molecular weight is 307 g/mol. The fraction of sp³-hybridized carbons (Fsp3) is 0.611. The molecule has 1 aromatic carbocycles. The topological polar surface area (TPSA) is 29.5 Å². The van der Waals surface area contributed by atoms with Crippen molar-refractivity contribution in [1.82, 2.24) is 4.90 Å². The van der Waals surface area contributed by atoms with E-state index in [2.05, 4.69) is 0 Å². The van der Waals surface area contributed by atoms with Crippen LogP contribution in [-0.4, -0.2) is 31.0 Å². The van der Waals surface area contributed by atoms with E-state index in [1.807, 2.05) is 18.7 Å². The minimum absolute atomic E-state index is 0.104. The third-order valence-corrected chi connectivity index (χ3v) is 4.72. The van der Waals surface area contributed by atoms with Gasteiger partial charge in [-0.3, -0.25) is 4.79 Å². The zero-order valence-electron chi connectivity index (χ0n) is 13.8. The van der Waals surface area contributed by atoms with Crippen LogP contribution in [0.5, 0.6) is 5.75 Å². The Morgan fingerprint density at radius 1 is 1.41 bits per heavy atom. The molecule has 1 saturated heterocycles. The van der Waals surface area contributed by atoms with Gasteiger partial charge in [-0.1, -0.05) is 13.8 Å². The number of carbonyl (C=O) groups excluding carboxylic acids is 1. The molecular formula is C18H26FNO2. The molecule has 4 heteroatoms. The molecule has 2 rings (SSSR count). The van der Waals surface area contributed by atoms with Crippen LogP contribution < -0.4 is 4.74 Å². The minimum atomic E-state index is -0.168. The fourth-order valence-electron chi connectivity index (χ4n) is 2.99. The standard InChI is InChI=1S/C18H26FNO2/c1-4-13(2)18(21)20-9-7-14(8-10-20)11-15-12-16(22-3)5-6-17(15)19/h5-6,12-14H,4,7-11H2,1-3H3. The number of piperidine rings is 1. The molecule has 3 nitrogen and oxygen atoms in total. The number of methoxy groups -OCH3 is 1. The van der Waals surface area contributed by atoms with Gasteiger partial charge in [-0.25, -0.2) is 4.39 Å². The number of rotatable bonds is 5. The molecule has 1 aliphatic heterocycles. The van der Waals surface area contributed by atoms with Gasteiger partial charge in [0.1, 0.15) is 11.6 Å². The van der Waals surface area contributed by atoms with Crippen LogP contribution in [0.15, 0.2) is 18.2 Å². The largest absolute Gasteiger partial charge is 0.497 e. The van der Waals surface area contributed by atoms with E-state index in [9.17, 15) is 9.18 Å². The van der Waals surface area contributed by atoms with Crippen molar-refractivity contribution in [3.63, 3.8) is 0 Å². The van der Waals surface area contributed by atoms with E-state index in [0.29, 0.717) is 23.7 Å². The van der Waals surface area contributed by atoms with Gasteiger partial charge in [0.05, 0.1) is 7.11 Å². The number of likely N-dealkylation sites (tertiary alicyclic amines) is 1. The highest BCUT2D eigenvalue weighted by Gasteiger charge is 2.25. The zero-order valence-corrected chi connectivity index (χ0v) is 13.8. The van der Waals surface area contributed by atoms with Crippen molar-refractivity contribution in [1.29, 1.82) is 0 Å². The Hall–Kier alpha value is -1.58. The molecule has 1 aliphatic rings. The molecular weight excluding hydrogens is 281 g/mol. The molecule has 1 heterocycles. The Morgan fingerprint density at radius 3 is 2.68 bits per heavy atom. The molecule has 1 amide bonds. The first-order chi connectivity index (χ1) is 10.5. The molecule has 0 N–H and O–H groups in total. The number of carbonyl (C=O) groups is 1. The number of benzene rings is 1. The summed E-state index contributed by atoms with van der Waals surface area (Å²) in [5.41, 5.74) is 0.714. The maximum atomic E-state index is 13.9. The van der Waals surface area contributed by atoms with Gasteiger partial charge in [0.15, 0.2) is 0 Å². The Labute approximate surface area is 132 Å². The molecule has 0 saturated carbocycles. The van der Waals surface area contributed by atoms with Crippen molar-refractivity contribution < 1.29 is 13.9 Å². The summed E-state index contributed by atoms with van der Waals surface area (Å²) in [6.45, 7) is 5.61. The summed E-state index contributed by atoms with van der Waals surface area (Å²) in [5.74, 6) is 1.32. The van der Waals surface area contributed by atoms with Gasteiger partial charge < -0.3 is 9.64 Å². The number of hydrogen-bond donors (Lipinski definition) is 0. The number of amides is 1. The van der Waals surface area contributed by atoms with Crippen LogP contribution in [0, 0.1) is 17.7 Å². The van der Waals surface area contributed by atoms with Gasteiger partial charge in [0.2, 0.25) is 5.91 Å². The molecule has 22 heavy (non-hydrogen) atoms. The number of nitrogens with zero attached hydrogens (tertiary/aromatic N) is 1. The predicted octanol–water partition coefficient (Wildman–Crippen LogP) is 3.66. The fourth-order valence-corrected chi connectivity index (χ4v) is 2.99. The Kier molecular flexibility index (Phi) is 5.81. The molecule has 1 atom stereocenters. The van der Waals surface area contributed by atoms with Gasteiger partial charge in [0.25, 0.3) is 0 Å². The normalized spacial score (nSPS) is 17.4. The third-order valence-electron chi connectivity index (χ3n) is 4.72. The first-order valence-electron chi connectivity index (χ1n) is 8.16. The highest BCUT2D eigenvalue weighted by molar-refractivity contribution is 5.78. The predicted molar refractivity (Wildman–Crippen MR) is 85.4 cm³/mol. The summed E-state index contributed by atoms with van der Waals surface area (Å²) in [6.07, 6.45) is 3.49. The van der Waals surface area contributed by atoms with Crippen molar-refractivity contribution in [3.05, 3.63) is 29.6 Å². The van der Waals surface area contributed by atoms with Crippen LogP contribution in [0.25, 0.3) is 0 Å². The zero-order chi connectivity index (χ0) is 16.1. The van der Waals surface area contributed by atoms with Gasteiger partial charge >= 0.3 is 0 Å². The first kappa shape index (κ1) is 16.8. The van der Waals surface area contributed by atoms with E-state index in [-0.39, 0.29) is 17.6 Å². The van der Waals surface area contributed by atoms with Crippen LogP contribution >= 0.6 is 0 Å². The molecule has 0 bridgehead atoms. The first-order valence-corrected chi connectivity index (χ1v) is 8.16. The maximum absolute atomic E-state index is 13.9. The van der Waals surface area contributed by atoms with E-state index >= 15 is 0 Å². The lowest BCUT2D eigenvalue weighted by atomic mass is 9.89. The molecule has 1 aromatic rings. The van der Waals surface area contributed by atoms with Crippen LogP contribution in [0.4, 0.5) is 4.39 Å². The van der Waals surface area contributed by atoms with Crippen LogP contribution in [0.3, 0.4) is 0 Å². The summed E-state index contributed by atoms with van der Waals surface area (Å²) in [4.78, 5) is 14.1. The Morgan fingerprint density at radius 2 is 2.09 bits per heavy atom. The summed E-state index contributed by atoms with van der Waals surface area (Å²) in [5, 5.41) is 0. The van der Waals surface area contributed by atoms with Crippen LogP contribution in [0.2, 0.25) is 0 Å². The maximum Gasteiger partial charge on any atom is 0.225 e. The van der Waals surface area contributed by atoms with Gasteiger partial charge in [0, 0.05) is 19.0 Å². The van der Waals surface area contributed by atoms with E-state index < -0.39 is 0 Å². The lowest BCUT2D eigenvalue weighted by molar-refractivity contribution is -0.136. The van der Waals surface area contributed by atoms with E-state index in [1.54, 1.807) is 19.2 Å². The quantitative estimate of drug-likeness (QED) is 0.831. The lowest BCUT2D eigenvalue weighted by Gasteiger charge is -2.33. The van der Waals surface area contributed by atoms with Crippen molar-refractivity contribution in [2.24, 2.45) is 11.8 Å². The molecule has 1 unspecified atom stereocenters. The van der Waals surface area contributed by atoms with Crippen molar-refractivity contribution in [3.8, 4) is 5.75 Å². The van der Waals surface area contributed by atoms with E-state index in [4.69, 9.17) is 4.74 Å². The molecule has 0 aromatic heterocycles. The average Bonchev–Trinajstić information content (AvgIpc) is 2.56. The molecule has 0 radical (unpaired) electrons. The van der Waals surface area contributed by atoms with Crippen LogP contribution in [0.1, 0.15) is 38.7 Å². The van der Waals surface area contributed by atoms with E-state index in [1.165, 1.54) is 6.07 Å². The lowest BCUT2D eigenvalue weighted by Crippen LogP contribution is -2.41. The molecule has 0 aliphatic carbocycles. The highest BCUT2D eigenvalue weighted by atomic mass is 19.1. The minimum Gasteiger partial charge on any atom is -0.497 e. The Bertz CT molecular complexity index is 510. The van der Waals surface area contributed by atoms with Crippen molar-refractivity contribution in [2.45, 2.75) is 39.5 Å². The summed E-state index contributed by atoms with van der Waals surface area (Å²) in [6, 6.07) is 4.90. The number of halogens is 1. The number of ether oxygens (including phenoxy) is 1.